The molecule has 2 aromatic carbocycles. The van der Waals surface area contributed by atoms with Gasteiger partial charge in [-0.1, -0.05) is 24.3 Å². The predicted molar refractivity (Wildman–Crippen MR) is 146 cm³/mol. The van der Waals surface area contributed by atoms with Gasteiger partial charge in [0.05, 0.1) is 17.9 Å². The first-order chi connectivity index (χ1) is 17.5. The third-order valence-electron chi connectivity index (χ3n) is 6.45. The Labute approximate surface area is 219 Å². The maximum atomic E-state index is 13.2. The van der Waals surface area contributed by atoms with Crippen molar-refractivity contribution in [2.45, 2.75) is 38.8 Å². The number of nitrogens with zero attached hydrogens (tertiary/aromatic N) is 4. The van der Waals surface area contributed by atoms with Crippen LogP contribution in [0, 0.1) is 5.82 Å². The second-order valence-electron chi connectivity index (χ2n) is 10.3. The van der Waals surface area contributed by atoms with Crippen molar-refractivity contribution in [1.29, 1.82) is 0 Å². The first kappa shape index (κ1) is 26.1. The smallest absolute Gasteiger partial charge is 0.410 e. The van der Waals surface area contributed by atoms with Crippen molar-refractivity contribution in [2.75, 3.05) is 37.0 Å². The maximum absolute atomic E-state index is 13.2. The topological polar surface area (TPSA) is 66.0 Å². The molecule has 1 atom stereocenters. The van der Waals surface area contributed by atoms with E-state index < -0.39 is 5.60 Å². The third kappa shape index (κ3) is 6.25. The summed E-state index contributed by atoms with van der Waals surface area (Å²) in [5.74, 6) is 0.364. The van der Waals surface area contributed by atoms with Crippen LogP contribution in [0.15, 0.2) is 66.9 Å². The molecule has 0 spiro atoms. The van der Waals surface area contributed by atoms with Gasteiger partial charge in [0, 0.05) is 34.2 Å². The molecule has 4 rings (SSSR count). The molecule has 7 nitrogen and oxygen atoms in total. The van der Waals surface area contributed by atoms with Crippen molar-refractivity contribution in [3.05, 3.63) is 78.2 Å². The van der Waals surface area contributed by atoms with E-state index in [9.17, 15) is 14.0 Å². The lowest BCUT2D eigenvalue weighted by Crippen LogP contribution is -2.42. The highest BCUT2D eigenvalue weighted by molar-refractivity contribution is 6.05. The van der Waals surface area contributed by atoms with Crippen molar-refractivity contribution in [1.82, 2.24) is 9.88 Å². The van der Waals surface area contributed by atoms with E-state index >= 15 is 0 Å². The number of likely N-dealkylation sites (N-methyl/N-ethyl adjacent to an activating group) is 1. The molecule has 1 aliphatic heterocycles. The zero-order chi connectivity index (χ0) is 26.7. The van der Waals surface area contributed by atoms with Crippen molar-refractivity contribution >= 4 is 23.5 Å². The average molecular weight is 507 g/mol. The lowest BCUT2D eigenvalue weighted by molar-refractivity contribution is 0.0237. The van der Waals surface area contributed by atoms with Crippen molar-refractivity contribution in [3.63, 3.8) is 0 Å². The van der Waals surface area contributed by atoms with Crippen LogP contribution >= 0.6 is 0 Å². The molecule has 1 aromatic heterocycles. The van der Waals surface area contributed by atoms with E-state index in [1.54, 1.807) is 54.4 Å². The van der Waals surface area contributed by atoms with E-state index in [0.717, 1.165) is 29.9 Å². The largest absolute Gasteiger partial charge is 0.444 e. The summed E-state index contributed by atoms with van der Waals surface area (Å²) in [6.07, 6.45) is 2.18. The van der Waals surface area contributed by atoms with Crippen LogP contribution in [0.25, 0.3) is 11.1 Å². The van der Waals surface area contributed by atoms with Crippen LogP contribution in [0.1, 0.15) is 39.0 Å². The van der Waals surface area contributed by atoms with Gasteiger partial charge in [0.1, 0.15) is 17.2 Å². The molecule has 1 aliphatic rings. The highest BCUT2D eigenvalue weighted by atomic mass is 19.1. The second-order valence-corrected chi connectivity index (χ2v) is 10.3. The molecule has 1 unspecified atom stereocenters. The lowest BCUT2D eigenvalue weighted by Gasteiger charge is -2.28. The summed E-state index contributed by atoms with van der Waals surface area (Å²) in [5, 5.41) is 0. The van der Waals surface area contributed by atoms with E-state index in [0.29, 0.717) is 17.8 Å². The minimum atomic E-state index is -0.533. The fourth-order valence-corrected chi connectivity index (χ4v) is 4.27. The monoisotopic (exact) mass is 506 g/mol. The number of hydrogen-bond acceptors (Lipinski definition) is 5. The van der Waals surface area contributed by atoms with E-state index in [4.69, 9.17) is 4.74 Å². The Morgan fingerprint density at radius 3 is 2.19 bits per heavy atom. The highest BCUT2D eigenvalue weighted by Crippen LogP contribution is 2.25. The second kappa shape index (κ2) is 10.6. The Hall–Kier alpha value is -3.94. The first-order valence-corrected chi connectivity index (χ1v) is 12.3. The third-order valence-corrected chi connectivity index (χ3v) is 6.45. The zero-order valence-electron chi connectivity index (χ0n) is 21.9. The Morgan fingerprint density at radius 2 is 1.62 bits per heavy atom. The van der Waals surface area contributed by atoms with Crippen LogP contribution in [0.2, 0.25) is 0 Å². The van der Waals surface area contributed by atoms with Gasteiger partial charge in [-0.15, -0.1) is 0 Å². The quantitative estimate of drug-likeness (QED) is 0.434. The van der Waals surface area contributed by atoms with Crippen LogP contribution < -0.4 is 9.80 Å². The molecular weight excluding hydrogens is 471 g/mol. The molecule has 2 heterocycles. The molecule has 37 heavy (non-hydrogen) atoms. The van der Waals surface area contributed by atoms with Crippen molar-refractivity contribution in [3.8, 4) is 11.1 Å². The summed E-state index contributed by atoms with van der Waals surface area (Å²) in [4.78, 5) is 35.4. The number of benzene rings is 2. The summed E-state index contributed by atoms with van der Waals surface area (Å²) >= 11 is 0. The number of amides is 2. The lowest BCUT2D eigenvalue weighted by atomic mass is 10.0. The van der Waals surface area contributed by atoms with Crippen LogP contribution in [0.5, 0.6) is 0 Å². The molecule has 0 aliphatic carbocycles. The van der Waals surface area contributed by atoms with E-state index in [1.165, 1.54) is 12.1 Å². The van der Waals surface area contributed by atoms with Crippen LogP contribution in [0.4, 0.5) is 20.7 Å². The van der Waals surface area contributed by atoms with Crippen LogP contribution in [-0.4, -0.2) is 60.7 Å². The molecule has 1 saturated heterocycles. The molecule has 0 saturated carbocycles. The number of ether oxygens (including phenoxy) is 1. The highest BCUT2D eigenvalue weighted by Gasteiger charge is 2.31. The number of pyridine rings is 1. The van der Waals surface area contributed by atoms with Gasteiger partial charge in [0.15, 0.2) is 0 Å². The van der Waals surface area contributed by atoms with E-state index in [2.05, 4.69) is 9.88 Å². The van der Waals surface area contributed by atoms with Crippen molar-refractivity contribution < 1.29 is 20.1 Å². The number of aromatic nitrogens is 1. The maximum Gasteiger partial charge on any atom is 0.410 e. The van der Waals surface area contributed by atoms with Gasteiger partial charge in [-0.05, 0) is 74.7 Å². The molecular formula is C29H35FN4O3. The van der Waals surface area contributed by atoms with Gasteiger partial charge in [-0.2, -0.15) is 0 Å². The molecule has 1 fully saturated rings. The predicted octanol–water partition coefficient (Wildman–Crippen LogP) is 5.86. The van der Waals surface area contributed by atoms with Gasteiger partial charge < -0.3 is 19.4 Å². The molecule has 3 aromatic rings. The number of carbonyl (C=O) groups excluding carboxylic acids is 2. The fourth-order valence-electron chi connectivity index (χ4n) is 4.27. The Kier molecular flexibility index (Phi) is 7.47. The Morgan fingerprint density at radius 1 is 1.00 bits per heavy atom. The van der Waals surface area contributed by atoms with E-state index in [-0.39, 0.29) is 25.3 Å². The van der Waals surface area contributed by atoms with Gasteiger partial charge in [-0.3, -0.25) is 4.79 Å². The molecule has 8 heteroatoms. The number of anilines is 2. The van der Waals surface area contributed by atoms with E-state index in [1.807, 2.05) is 45.0 Å². The van der Waals surface area contributed by atoms with Crippen LogP contribution in [0.3, 0.4) is 0 Å². The Bertz CT molecular complexity index is 1240. The molecule has 2 amide bonds. The number of carbonyl (C=O) groups is 2. The molecule has 0 N–H and O–H groups in total. The SMILES string of the molecule is CN(C(=O)c1ccc(-c2ccc(F)cc2)cc1)c1ccc(N2CCC(N(C)C(=O)OC(C)(C)C)C2)nc1.[HH]. The molecule has 196 valence electrons. The summed E-state index contributed by atoms with van der Waals surface area (Å²) in [6, 6.07) is 17.3. The van der Waals surface area contributed by atoms with Gasteiger partial charge in [-0.25, -0.2) is 14.2 Å². The minimum absolute atomic E-state index is 0. The summed E-state index contributed by atoms with van der Waals surface area (Å²) in [6.45, 7) is 7.01. The number of halogens is 1. The number of rotatable bonds is 5. The Balaban J connectivity index is 0.00000400. The fraction of sp³-hybridized carbons (Fsp3) is 0.345. The summed E-state index contributed by atoms with van der Waals surface area (Å²) in [5.41, 5.74) is 2.49. The van der Waals surface area contributed by atoms with Crippen molar-refractivity contribution in [2.24, 2.45) is 0 Å². The van der Waals surface area contributed by atoms with Gasteiger partial charge in [0.25, 0.3) is 5.91 Å². The van der Waals surface area contributed by atoms with Gasteiger partial charge in [0.2, 0.25) is 0 Å². The number of hydrogen-bond donors (Lipinski definition) is 0. The zero-order valence-corrected chi connectivity index (χ0v) is 21.9. The average Bonchev–Trinajstić information content (AvgIpc) is 3.37. The van der Waals surface area contributed by atoms with Gasteiger partial charge >= 0.3 is 6.09 Å². The first-order valence-electron chi connectivity index (χ1n) is 12.3. The normalized spacial score (nSPS) is 15.4. The standard InChI is InChI=1S/C29H33FN4O3.H2/c1-29(2,3)37-28(36)33(5)25-16-17-34(19-25)26-15-14-24(18-31-26)32(4)27(35)22-8-6-20(7-9-22)21-10-12-23(30)13-11-21;/h6-15,18,25H,16-17,19H2,1-5H3;1H. The minimum Gasteiger partial charge on any atom is -0.444 e. The molecule has 0 bridgehead atoms. The summed E-state index contributed by atoms with van der Waals surface area (Å²) in [7, 11) is 3.49. The molecule has 0 radical (unpaired) electrons. The van der Waals surface area contributed by atoms with Crippen LogP contribution in [-0.2, 0) is 4.74 Å². The summed E-state index contributed by atoms with van der Waals surface area (Å²) < 4.78 is 18.7.